The maximum atomic E-state index is 13.1. The van der Waals surface area contributed by atoms with Crippen LogP contribution in [-0.4, -0.2) is 28.9 Å². The normalized spacial score (nSPS) is 17.8. The Labute approximate surface area is 198 Å². The van der Waals surface area contributed by atoms with Crippen LogP contribution in [0.15, 0.2) is 48.0 Å². The smallest absolute Gasteiger partial charge is 0.301 e. The van der Waals surface area contributed by atoms with Gasteiger partial charge in [0.05, 0.1) is 29.4 Å². The van der Waals surface area contributed by atoms with E-state index in [1.165, 1.54) is 29.4 Å². The van der Waals surface area contributed by atoms with Crippen LogP contribution in [0.1, 0.15) is 27.7 Å². The van der Waals surface area contributed by atoms with Gasteiger partial charge in [-0.15, -0.1) is 11.3 Å². The van der Waals surface area contributed by atoms with Gasteiger partial charge >= 0.3 is 5.91 Å². The van der Waals surface area contributed by atoms with Crippen LogP contribution in [0.3, 0.4) is 0 Å². The first-order valence-corrected chi connectivity index (χ1v) is 11.1. The number of benzene rings is 2. The van der Waals surface area contributed by atoms with E-state index in [4.69, 9.17) is 27.9 Å². The molecule has 0 aliphatic carbocycles. The van der Waals surface area contributed by atoms with Gasteiger partial charge in [0.1, 0.15) is 11.5 Å². The fraction of sp³-hybridized carbons (Fsp3) is 0.174. The first-order chi connectivity index (χ1) is 15.2. The highest BCUT2D eigenvalue weighted by molar-refractivity contribution is 7.16. The molecule has 1 fully saturated rings. The van der Waals surface area contributed by atoms with Crippen LogP contribution in [0, 0.1) is 13.8 Å². The number of aromatic nitrogens is 1. The van der Waals surface area contributed by atoms with Crippen LogP contribution in [0.2, 0.25) is 10.0 Å². The van der Waals surface area contributed by atoms with E-state index in [0.717, 1.165) is 10.6 Å². The third-order valence-corrected chi connectivity index (χ3v) is 6.86. The highest BCUT2D eigenvalue weighted by Crippen LogP contribution is 2.44. The summed E-state index contributed by atoms with van der Waals surface area (Å²) in [5.74, 6) is -1.51. The fourth-order valence-electron chi connectivity index (χ4n) is 3.55. The lowest BCUT2D eigenvalue weighted by Gasteiger charge is -2.23. The van der Waals surface area contributed by atoms with Crippen LogP contribution < -0.4 is 9.64 Å². The van der Waals surface area contributed by atoms with Gasteiger partial charge in [0.2, 0.25) is 0 Å². The van der Waals surface area contributed by atoms with Crippen molar-refractivity contribution in [3.8, 4) is 5.75 Å². The Bertz CT molecular complexity index is 1270. The van der Waals surface area contributed by atoms with E-state index >= 15 is 0 Å². The van der Waals surface area contributed by atoms with Crippen molar-refractivity contribution in [1.82, 2.24) is 4.98 Å². The van der Waals surface area contributed by atoms with E-state index in [-0.39, 0.29) is 21.9 Å². The number of aliphatic hydroxyl groups is 1. The van der Waals surface area contributed by atoms with E-state index in [2.05, 4.69) is 4.98 Å². The molecular weight excluding hydrogens is 471 g/mol. The predicted octanol–water partition coefficient (Wildman–Crippen LogP) is 5.70. The van der Waals surface area contributed by atoms with Gasteiger partial charge in [-0.1, -0.05) is 35.3 Å². The predicted molar refractivity (Wildman–Crippen MR) is 126 cm³/mol. The van der Waals surface area contributed by atoms with Crippen LogP contribution in [0.25, 0.3) is 5.76 Å². The molecule has 1 atom stereocenters. The van der Waals surface area contributed by atoms with E-state index in [1.807, 2.05) is 13.8 Å². The lowest BCUT2D eigenvalue weighted by Crippen LogP contribution is -2.29. The number of ether oxygens (including phenoxy) is 1. The number of carbonyl (C=O) groups is 2. The first-order valence-electron chi connectivity index (χ1n) is 9.57. The summed E-state index contributed by atoms with van der Waals surface area (Å²) in [6.45, 7) is 3.72. The van der Waals surface area contributed by atoms with Gasteiger partial charge < -0.3 is 9.84 Å². The number of halogens is 2. The standard InChI is InChI=1S/C23H18Cl2N2O4S/c1-11-12(2)32-23(26-11)27-19(13-5-4-6-15(24)9-13)18(21(29)22(27)30)20(28)14-7-8-17(31-3)16(25)10-14/h4-10,19,28H,1-3H3/t19-/m1/s1. The van der Waals surface area contributed by atoms with E-state index in [0.29, 0.717) is 21.5 Å². The number of Topliss-reactive ketones (excluding diaryl/α,β-unsaturated/α-hetero) is 1. The minimum Gasteiger partial charge on any atom is -0.507 e. The maximum Gasteiger partial charge on any atom is 0.301 e. The summed E-state index contributed by atoms with van der Waals surface area (Å²) in [4.78, 5) is 33.0. The monoisotopic (exact) mass is 488 g/mol. The summed E-state index contributed by atoms with van der Waals surface area (Å²) in [7, 11) is 1.48. The van der Waals surface area contributed by atoms with Gasteiger partial charge in [0, 0.05) is 15.5 Å². The highest BCUT2D eigenvalue weighted by atomic mass is 35.5. The molecule has 1 amide bonds. The number of anilines is 1. The molecule has 0 radical (unpaired) electrons. The molecule has 3 aromatic rings. The quantitative estimate of drug-likeness (QED) is 0.289. The molecule has 6 nitrogen and oxygen atoms in total. The lowest BCUT2D eigenvalue weighted by molar-refractivity contribution is -0.132. The molecule has 1 aliphatic rings. The summed E-state index contributed by atoms with van der Waals surface area (Å²) >= 11 is 13.7. The van der Waals surface area contributed by atoms with E-state index < -0.39 is 17.7 Å². The second-order valence-electron chi connectivity index (χ2n) is 7.21. The number of hydrogen-bond acceptors (Lipinski definition) is 6. The fourth-order valence-corrected chi connectivity index (χ4v) is 4.94. The minimum absolute atomic E-state index is 0.0657. The maximum absolute atomic E-state index is 13.1. The molecule has 2 aromatic carbocycles. The van der Waals surface area contributed by atoms with Crippen molar-refractivity contribution >= 4 is 57.1 Å². The number of rotatable bonds is 4. The summed E-state index contributed by atoms with van der Waals surface area (Å²) in [5.41, 5.74) is 1.55. The summed E-state index contributed by atoms with van der Waals surface area (Å²) < 4.78 is 5.15. The number of ketones is 1. The summed E-state index contributed by atoms with van der Waals surface area (Å²) in [6.07, 6.45) is 0. The third kappa shape index (κ3) is 3.77. The second kappa shape index (κ2) is 8.58. The van der Waals surface area contributed by atoms with Crippen molar-refractivity contribution in [2.24, 2.45) is 0 Å². The van der Waals surface area contributed by atoms with Gasteiger partial charge in [-0.2, -0.15) is 0 Å². The van der Waals surface area contributed by atoms with Gasteiger partial charge in [0.25, 0.3) is 5.78 Å². The van der Waals surface area contributed by atoms with Gasteiger partial charge in [-0.25, -0.2) is 4.98 Å². The number of aryl methyl sites for hydroxylation is 2. The number of nitrogens with zero attached hydrogens (tertiary/aromatic N) is 2. The molecule has 0 saturated carbocycles. The number of hydrogen-bond donors (Lipinski definition) is 1. The van der Waals surface area contributed by atoms with Gasteiger partial charge in [-0.3, -0.25) is 14.5 Å². The molecule has 32 heavy (non-hydrogen) atoms. The number of aliphatic hydroxyl groups excluding tert-OH is 1. The van der Waals surface area contributed by atoms with Crippen molar-refractivity contribution in [3.63, 3.8) is 0 Å². The van der Waals surface area contributed by atoms with Crippen LogP contribution in [0.5, 0.6) is 5.75 Å². The topological polar surface area (TPSA) is 79.7 Å². The van der Waals surface area contributed by atoms with Gasteiger partial charge in [0.15, 0.2) is 5.13 Å². The molecule has 1 aromatic heterocycles. The van der Waals surface area contributed by atoms with Crippen LogP contribution in [0.4, 0.5) is 5.13 Å². The molecule has 2 heterocycles. The van der Waals surface area contributed by atoms with Crippen molar-refractivity contribution in [3.05, 3.63) is 79.8 Å². The largest absolute Gasteiger partial charge is 0.507 e. The van der Waals surface area contributed by atoms with Crippen molar-refractivity contribution in [2.45, 2.75) is 19.9 Å². The van der Waals surface area contributed by atoms with Crippen LogP contribution in [-0.2, 0) is 9.59 Å². The Hall–Kier alpha value is -2.87. The molecule has 9 heteroatoms. The molecule has 0 unspecified atom stereocenters. The average Bonchev–Trinajstić information content (AvgIpc) is 3.23. The lowest BCUT2D eigenvalue weighted by atomic mass is 9.95. The first kappa shape index (κ1) is 22.3. The zero-order valence-corrected chi connectivity index (χ0v) is 19.7. The van der Waals surface area contributed by atoms with E-state index in [9.17, 15) is 14.7 Å². The number of carbonyl (C=O) groups excluding carboxylic acids is 2. The molecule has 1 saturated heterocycles. The molecule has 0 bridgehead atoms. The molecule has 1 N–H and O–H groups in total. The zero-order chi connectivity index (χ0) is 23.2. The Morgan fingerprint density at radius 3 is 2.50 bits per heavy atom. The summed E-state index contributed by atoms with van der Waals surface area (Å²) in [6, 6.07) is 10.5. The molecule has 0 spiro atoms. The molecule has 164 valence electrons. The Morgan fingerprint density at radius 1 is 1.16 bits per heavy atom. The Kier molecular flexibility index (Phi) is 5.99. The van der Waals surface area contributed by atoms with E-state index in [1.54, 1.807) is 36.4 Å². The SMILES string of the molecule is COc1ccc(C(O)=C2C(=O)C(=O)N(c3nc(C)c(C)s3)[C@@H]2c2cccc(Cl)c2)cc1Cl. The summed E-state index contributed by atoms with van der Waals surface area (Å²) in [5, 5.41) is 12.2. The Morgan fingerprint density at radius 2 is 1.91 bits per heavy atom. The molecule has 4 rings (SSSR count). The highest BCUT2D eigenvalue weighted by Gasteiger charge is 2.48. The number of thiazole rings is 1. The second-order valence-corrected chi connectivity index (χ2v) is 9.24. The van der Waals surface area contributed by atoms with Gasteiger partial charge in [-0.05, 0) is 49.7 Å². The van der Waals surface area contributed by atoms with Crippen molar-refractivity contribution < 1.29 is 19.4 Å². The average molecular weight is 489 g/mol. The molecular formula is C23H18Cl2N2O4S. The number of amides is 1. The minimum atomic E-state index is -0.903. The zero-order valence-electron chi connectivity index (χ0n) is 17.3. The number of methoxy groups -OCH3 is 1. The molecule has 1 aliphatic heterocycles. The Balaban J connectivity index is 1.95. The third-order valence-electron chi connectivity index (χ3n) is 5.26. The van der Waals surface area contributed by atoms with Crippen LogP contribution >= 0.6 is 34.5 Å². The van der Waals surface area contributed by atoms with Crippen molar-refractivity contribution in [2.75, 3.05) is 12.0 Å². The van der Waals surface area contributed by atoms with Crippen molar-refractivity contribution in [1.29, 1.82) is 0 Å².